The molecule has 0 aromatic carbocycles. The Hall–Kier alpha value is -0.0900. The molecule has 14 heavy (non-hydrogen) atoms. The lowest BCUT2D eigenvalue weighted by Crippen LogP contribution is -1.78. The van der Waals surface area contributed by atoms with Crippen LogP contribution in [-0.4, -0.2) is 15.3 Å². The van der Waals surface area contributed by atoms with Crippen LogP contribution in [0.25, 0.3) is 0 Å². The van der Waals surface area contributed by atoms with Crippen LogP contribution in [0.1, 0.15) is 45.4 Å². The largest absolute Gasteiger partial charge is 0.179 e. The van der Waals surface area contributed by atoms with E-state index in [0.717, 1.165) is 5.75 Å². The molecular formula is C10H20N2S2. The van der Waals surface area contributed by atoms with Gasteiger partial charge in [-0.3, -0.25) is 0 Å². The van der Waals surface area contributed by atoms with Gasteiger partial charge < -0.3 is 0 Å². The molecule has 0 aliphatic rings. The summed E-state index contributed by atoms with van der Waals surface area (Å²) >= 11 is 5.50. The topological polar surface area (TPSA) is 25.8 Å². The molecule has 0 N–H and O–H groups in total. The minimum absolute atomic E-state index is 1.06. The number of nitrogens with zero attached hydrogens (tertiary/aromatic N) is 2. The Bertz CT molecular complexity index is 143. The fourth-order valence-corrected chi connectivity index (χ4v) is 1.52. The number of hydrogen-bond acceptors (Lipinski definition) is 4. The van der Waals surface area contributed by atoms with E-state index in [4.69, 9.17) is 0 Å². The average Bonchev–Trinajstić information content (AvgIpc) is 2.76. The lowest BCUT2D eigenvalue weighted by Gasteiger charge is -1.95. The second kappa shape index (κ2) is 12.9. The van der Waals surface area contributed by atoms with Gasteiger partial charge in [0.05, 0.1) is 6.20 Å². The van der Waals surface area contributed by atoms with Gasteiger partial charge in [-0.2, -0.15) is 12.6 Å². The quantitative estimate of drug-likeness (QED) is 0.596. The van der Waals surface area contributed by atoms with Gasteiger partial charge in [0.2, 0.25) is 0 Å². The van der Waals surface area contributed by atoms with Gasteiger partial charge in [0.1, 0.15) is 0 Å². The van der Waals surface area contributed by atoms with Crippen LogP contribution in [0.4, 0.5) is 0 Å². The van der Waals surface area contributed by atoms with E-state index in [1.165, 1.54) is 50.1 Å². The van der Waals surface area contributed by atoms with Crippen LogP contribution in [0.2, 0.25) is 0 Å². The van der Waals surface area contributed by atoms with Crippen LogP contribution in [-0.2, 0) is 0 Å². The fraction of sp³-hybridized carbons (Fsp3) is 0.800. The van der Waals surface area contributed by atoms with Gasteiger partial charge in [0, 0.05) is 5.38 Å². The zero-order valence-corrected chi connectivity index (χ0v) is 10.6. The monoisotopic (exact) mass is 232 g/mol. The van der Waals surface area contributed by atoms with Crippen molar-refractivity contribution in [2.45, 2.75) is 45.4 Å². The van der Waals surface area contributed by atoms with Crippen molar-refractivity contribution in [3.8, 4) is 0 Å². The molecule has 0 bridgehead atoms. The minimum Gasteiger partial charge on any atom is -0.179 e. The van der Waals surface area contributed by atoms with Gasteiger partial charge in [-0.05, 0) is 23.7 Å². The summed E-state index contributed by atoms with van der Waals surface area (Å²) in [5.41, 5.74) is 0. The van der Waals surface area contributed by atoms with E-state index in [-0.39, 0.29) is 0 Å². The Morgan fingerprint density at radius 1 is 1.14 bits per heavy atom. The molecule has 0 amide bonds. The predicted molar refractivity (Wildman–Crippen MR) is 67.1 cm³/mol. The molecular weight excluding hydrogens is 212 g/mol. The maximum absolute atomic E-state index is 4.15. The lowest BCUT2D eigenvalue weighted by molar-refractivity contribution is 0.627. The van der Waals surface area contributed by atoms with E-state index in [1.54, 1.807) is 6.20 Å². The highest BCUT2D eigenvalue weighted by molar-refractivity contribution is 7.80. The SMILES string of the molecule is CCCCCCCCS.c1csnn1. The molecule has 0 atom stereocenters. The zero-order chi connectivity index (χ0) is 10.5. The van der Waals surface area contributed by atoms with Crippen LogP contribution in [0.5, 0.6) is 0 Å². The van der Waals surface area contributed by atoms with Gasteiger partial charge in [-0.25, -0.2) is 0 Å². The van der Waals surface area contributed by atoms with Crippen molar-refractivity contribution < 1.29 is 0 Å². The summed E-state index contributed by atoms with van der Waals surface area (Å²) < 4.78 is 3.51. The molecule has 1 rings (SSSR count). The smallest absolute Gasteiger partial charge is 0.0620 e. The first-order chi connectivity index (χ1) is 6.91. The van der Waals surface area contributed by atoms with Crippen molar-refractivity contribution in [3.63, 3.8) is 0 Å². The second-order valence-corrected chi connectivity index (χ2v) is 4.17. The van der Waals surface area contributed by atoms with E-state index < -0.39 is 0 Å². The summed E-state index contributed by atoms with van der Waals surface area (Å²) in [5.74, 6) is 1.06. The maximum atomic E-state index is 4.15. The van der Waals surface area contributed by atoms with Crippen LogP contribution in [0.3, 0.4) is 0 Å². The highest BCUT2D eigenvalue weighted by Gasteiger charge is 1.86. The fourth-order valence-electron chi connectivity index (χ4n) is 1.03. The highest BCUT2D eigenvalue weighted by atomic mass is 32.1. The van der Waals surface area contributed by atoms with Gasteiger partial charge in [-0.15, -0.1) is 5.10 Å². The Balaban J connectivity index is 0.000000280. The molecule has 0 saturated carbocycles. The minimum atomic E-state index is 1.06. The van der Waals surface area contributed by atoms with Gasteiger partial charge >= 0.3 is 0 Å². The van der Waals surface area contributed by atoms with Crippen LogP contribution < -0.4 is 0 Å². The molecule has 0 aliphatic heterocycles. The number of thiol groups is 1. The van der Waals surface area contributed by atoms with E-state index in [9.17, 15) is 0 Å². The maximum Gasteiger partial charge on any atom is 0.0620 e. The molecule has 2 nitrogen and oxygen atoms in total. The first kappa shape index (κ1) is 13.9. The molecule has 0 aliphatic carbocycles. The summed E-state index contributed by atoms with van der Waals surface area (Å²) in [6, 6.07) is 0. The Morgan fingerprint density at radius 3 is 2.29 bits per heavy atom. The zero-order valence-electron chi connectivity index (χ0n) is 8.85. The van der Waals surface area contributed by atoms with Crippen LogP contribution in [0, 0.1) is 0 Å². The van der Waals surface area contributed by atoms with Crippen LogP contribution >= 0.6 is 24.2 Å². The summed E-state index contributed by atoms with van der Waals surface area (Å²) in [6.45, 7) is 2.25. The van der Waals surface area contributed by atoms with E-state index >= 15 is 0 Å². The summed E-state index contributed by atoms with van der Waals surface area (Å²) in [5, 5.41) is 5.31. The third-order valence-electron chi connectivity index (χ3n) is 1.79. The van der Waals surface area contributed by atoms with Crippen molar-refractivity contribution in [2.24, 2.45) is 0 Å². The van der Waals surface area contributed by atoms with Crippen LogP contribution in [0.15, 0.2) is 11.6 Å². The number of rotatable bonds is 6. The standard InChI is InChI=1S/C8H18S.C2H2N2S/c1-2-3-4-5-6-7-8-9;1-2-5-4-3-1/h9H,2-8H2,1H3;1-2H. The van der Waals surface area contributed by atoms with E-state index in [2.05, 4.69) is 29.1 Å². The van der Waals surface area contributed by atoms with Crippen molar-refractivity contribution >= 4 is 24.2 Å². The lowest BCUT2D eigenvalue weighted by atomic mass is 10.1. The summed E-state index contributed by atoms with van der Waals surface area (Å²) in [7, 11) is 0. The molecule has 1 aromatic rings. The summed E-state index contributed by atoms with van der Waals surface area (Å²) in [6.07, 6.45) is 9.92. The number of aromatic nitrogens is 2. The number of unbranched alkanes of at least 4 members (excludes halogenated alkanes) is 5. The van der Waals surface area contributed by atoms with Crippen molar-refractivity contribution in [1.29, 1.82) is 0 Å². The molecule has 0 radical (unpaired) electrons. The normalized spacial score (nSPS) is 9.29. The summed E-state index contributed by atoms with van der Waals surface area (Å²) in [4.78, 5) is 0. The van der Waals surface area contributed by atoms with E-state index in [0.29, 0.717) is 0 Å². The number of hydrogen-bond donors (Lipinski definition) is 1. The Labute approximate surface area is 96.7 Å². The Morgan fingerprint density at radius 2 is 1.86 bits per heavy atom. The molecule has 0 spiro atoms. The van der Waals surface area contributed by atoms with Gasteiger partial charge in [0.25, 0.3) is 0 Å². The molecule has 0 saturated heterocycles. The first-order valence-electron chi connectivity index (χ1n) is 5.23. The van der Waals surface area contributed by atoms with Crippen molar-refractivity contribution in [2.75, 3.05) is 5.75 Å². The molecule has 0 unspecified atom stereocenters. The molecule has 0 fully saturated rings. The molecule has 1 heterocycles. The second-order valence-electron chi connectivity index (χ2n) is 3.08. The first-order valence-corrected chi connectivity index (χ1v) is 6.70. The molecule has 4 heteroatoms. The third-order valence-corrected chi connectivity index (χ3v) is 2.54. The van der Waals surface area contributed by atoms with E-state index in [1.807, 2.05) is 5.38 Å². The highest BCUT2D eigenvalue weighted by Crippen LogP contribution is 2.04. The van der Waals surface area contributed by atoms with Gasteiger partial charge in [-0.1, -0.05) is 43.5 Å². The average molecular weight is 232 g/mol. The molecule has 82 valence electrons. The van der Waals surface area contributed by atoms with Gasteiger partial charge in [0.15, 0.2) is 0 Å². The van der Waals surface area contributed by atoms with Crippen molar-refractivity contribution in [1.82, 2.24) is 9.59 Å². The third kappa shape index (κ3) is 11.9. The molecule has 1 aromatic heterocycles. The predicted octanol–water partition coefficient (Wildman–Crippen LogP) is 3.81. The Kier molecular flexibility index (Phi) is 12.8. The van der Waals surface area contributed by atoms with Crippen molar-refractivity contribution in [3.05, 3.63) is 11.6 Å².